The van der Waals surface area contributed by atoms with Gasteiger partial charge in [-0.2, -0.15) is 0 Å². The quantitative estimate of drug-likeness (QED) is 0.742. The predicted octanol–water partition coefficient (Wildman–Crippen LogP) is 3.73. The van der Waals surface area contributed by atoms with E-state index in [1.54, 1.807) is 18.3 Å². The van der Waals surface area contributed by atoms with Crippen LogP contribution in [-0.4, -0.2) is 20.9 Å². The molecule has 1 aromatic carbocycles. The zero-order chi connectivity index (χ0) is 17.1. The molecule has 5 nitrogen and oxygen atoms in total. The zero-order valence-electron chi connectivity index (χ0n) is 13.6. The first-order valence-electron chi connectivity index (χ1n) is 7.92. The third kappa shape index (κ3) is 3.57. The smallest absolute Gasteiger partial charge is 0.228 e. The summed E-state index contributed by atoms with van der Waals surface area (Å²) in [7, 11) is 0. The van der Waals surface area contributed by atoms with E-state index in [9.17, 15) is 4.79 Å². The van der Waals surface area contributed by atoms with E-state index in [-0.39, 0.29) is 18.4 Å². The molecule has 6 heteroatoms. The number of H-pyrrole nitrogens is 1. The Bertz CT molecular complexity index is 874. The first-order chi connectivity index (χ1) is 11.6. The molecule has 0 aliphatic heterocycles. The van der Waals surface area contributed by atoms with Crippen molar-refractivity contribution in [3.8, 4) is 0 Å². The number of benzene rings is 1. The third-order valence-corrected chi connectivity index (χ3v) is 4.18. The molecule has 3 aromatic rings. The number of carbonyl (C=O) groups is 1. The zero-order valence-corrected chi connectivity index (χ0v) is 14.4. The largest absolute Gasteiger partial charge is 0.347 e. The van der Waals surface area contributed by atoms with Gasteiger partial charge < -0.3 is 10.3 Å². The summed E-state index contributed by atoms with van der Waals surface area (Å²) in [4.78, 5) is 24.4. The van der Waals surface area contributed by atoms with Gasteiger partial charge in [0, 0.05) is 11.2 Å². The number of fused-ring (bicyclic) bond motifs is 1. The van der Waals surface area contributed by atoms with E-state index >= 15 is 0 Å². The van der Waals surface area contributed by atoms with E-state index in [4.69, 9.17) is 11.6 Å². The van der Waals surface area contributed by atoms with E-state index in [0.717, 1.165) is 28.7 Å². The van der Waals surface area contributed by atoms with Crippen LogP contribution in [0, 0.1) is 6.92 Å². The van der Waals surface area contributed by atoms with Crippen molar-refractivity contribution >= 4 is 28.5 Å². The molecule has 0 bridgehead atoms. The Kier molecular flexibility index (Phi) is 4.81. The average molecular weight is 343 g/mol. The van der Waals surface area contributed by atoms with Crippen LogP contribution in [0.4, 0.5) is 0 Å². The maximum absolute atomic E-state index is 12.4. The Balaban J connectivity index is 1.72. The van der Waals surface area contributed by atoms with Crippen molar-refractivity contribution in [1.29, 1.82) is 0 Å². The van der Waals surface area contributed by atoms with E-state index < -0.39 is 0 Å². The molecule has 3 rings (SSSR count). The maximum atomic E-state index is 12.4. The molecule has 0 spiro atoms. The van der Waals surface area contributed by atoms with Crippen molar-refractivity contribution in [2.24, 2.45) is 0 Å². The van der Waals surface area contributed by atoms with Crippen LogP contribution in [0.2, 0.25) is 5.02 Å². The van der Waals surface area contributed by atoms with Crippen LogP contribution in [-0.2, 0) is 11.2 Å². The van der Waals surface area contributed by atoms with Crippen molar-refractivity contribution in [2.45, 2.75) is 32.7 Å². The molecule has 0 saturated heterocycles. The van der Waals surface area contributed by atoms with Crippen LogP contribution in [0.15, 0.2) is 36.5 Å². The van der Waals surface area contributed by atoms with E-state index in [0.29, 0.717) is 10.8 Å². The number of aromatic amines is 1. The summed E-state index contributed by atoms with van der Waals surface area (Å²) >= 11 is 5.97. The summed E-state index contributed by atoms with van der Waals surface area (Å²) in [6.45, 7) is 4.03. The lowest BCUT2D eigenvalue weighted by Gasteiger charge is -2.18. The summed E-state index contributed by atoms with van der Waals surface area (Å²) in [5, 5.41) is 3.68. The lowest BCUT2D eigenvalue weighted by atomic mass is 10.1. The van der Waals surface area contributed by atoms with Gasteiger partial charge in [-0.05, 0) is 43.2 Å². The molecule has 0 radical (unpaired) electrons. The van der Waals surface area contributed by atoms with Crippen molar-refractivity contribution in [2.75, 3.05) is 0 Å². The lowest BCUT2D eigenvalue weighted by molar-refractivity contribution is -0.121. The van der Waals surface area contributed by atoms with Gasteiger partial charge in [0.15, 0.2) is 0 Å². The van der Waals surface area contributed by atoms with Crippen molar-refractivity contribution in [3.05, 3.63) is 58.6 Å². The molecule has 2 aromatic heterocycles. The van der Waals surface area contributed by atoms with Gasteiger partial charge in [0.25, 0.3) is 0 Å². The minimum Gasteiger partial charge on any atom is -0.347 e. The van der Waals surface area contributed by atoms with Gasteiger partial charge in [-0.25, -0.2) is 4.98 Å². The molecular formula is C18H19ClN4O. The highest BCUT2D eigenvalue weighted by Gasteiger charge is 2.17. The Hall–Kier alpha value is -2.40. The molecular weight excluding hydrogens is 324 g/mol. The van der Waals surface area contributed by atoms with Gasteiger partial charge in [-0.3, -0.25) is 9.78 Å². The molecule has 0 fully saturated rings. The Morgan fingerprint density at radius 3 is 2.96 bits per heavy atom. The topological polar surface area (TPSA) is 70.7 Å². The number of carbonyl (C=O) groups excluding carboxylic acids is 1. The summed E-state index contributed by atoms with van der Waals surface area (Å²) in [5.41, 5.74) is 3.61. The van der Waals surface area contributed by atoms with Crippen LogP contribution in [0.3, 0.4) is 0 Å². The first kappa shape index (κ1) is 16.5. The fourth-order valence-electron chi connectivity index (χ4n) is 2.74. The number of aromatic nitrogens is 3. The van der Waals surface area contributed by atoms with Gasteiger partial charge in [-0.15, -0.1) is 0 Å². The fraction of sp³-hybridized carbons (Fsp3) is 0.278. The van der Waals surface area contributed by atoms with Crippen LogP contribution in [0.5, 0.6) is 0 Å². The summed E-state index contributed by atoms with van der Waals surface area (Å²) in [5.74, 6) is 0.536. The maximum Gasteiger partial charge on any atom is 0.228 e. The number of hydrogen-bond donors (Lipinski definition) is 2. The highest BCUT2D eigenvalue weighted by atomic mass is 35.5. The van der Waals surface area contributed by atoms with Crippen LogP contribution >= 0.6 is 11.6 Å². The van der Waals surface area contributed by atoms with Crippen molar-refractivity contribution in [1.82, 2.24) is 20.3 Å². The molecule has 1 atom stereocenters. The summed E-state index contributed by atoms with van der Waals surface area (Å²) in [6.07, 6.45) is 2.72. The van der Waals surface area contributed by atoms with Crippen LogP contribution < -0.4 is 5.32 Å². The molecule has 0 unspecified atom stereocenters. The molecule has 1 amide bonds. The minimum absolute atomic E-state index is 0.0861. The second kappa shape index (κ2) is 7.01. The van der Waals surface area contributed by atoms with Crippen molar-refractivity contribution < 1.29 is 4.79 Å². The van der Waals surface area contributed by atoms with Crippen molar-refractivity contribution in [3.63, 3.8) is 0 Å². The minimum atomic E-state index is -0.0995. The molecule has 0 aliphatic carbocycles. The third-order valence-electron chi connectivity index (χ3n) is 3.94. The number of nitrogens with one attached hydrogen (secondary N) is 2. The Labute approximate surface area is 145 Å². The SMILES string of the molecule is CC[C@H](NC(=O)Cc1nc2ccc(Cl)cc2[nH]1)c1ncccc1C. The molecule has 0 saturated carbocycles. The first-order valence-corrected chi connectivity index (χ1v) is 8.29. The lowest BCUT2D eigenvalue weighted by Crippen LogP contribution is -2.30. The highest BCUT2D eigenvalue weighted by Crippen LogP contribution is 2.19. The molecule has 2 heterocycles. The summed E-state index contributed by atoms with van der Waals surface area (Å²) in [6, 6.07) is 9.22. The van der Waals surface area contributed by atoms with Crippen LogP contribution in [0.1, 0.15) is 36.5 Å². The summed E-state index contributed by atoms with van der Waals surface area (Å²) < 4.78 is 0. The van der Waals surface area contributed by atoms with Gasteiger partial charge in [0.2, 0.25) is 5.91 Å². The number of rotatable bonds is 5. The molecule has 0 aliphatic rings. The molecule has 24 heavy (non-hydrogen) atoms. The second-order valence-electron chi connectivity index (χ2n) is 5.76. The van der Waals surface area contributed by atoms with E-state index in [2.05, 4.69) is 20.3 Å². The average Bonchev–Trinajstić information content (AvgIpc) is 2.94. The number of imidazole rings is 1. The number of aryl methyl sites for hydroxylation is 1. The van der Waals surface area contributed by atoms with Crippen LogP contribution in [0.25, 0.3) is 11.0 Å². The predicted molar refractivity (Wildman–Crippen MR) is 95.0 cm³/mol. The number of pyridine rings is 1. The Morgan fingerprint density at radius 1 is 1.38 bits per heavy atom. The number of hydrogen-bond acceptors (Lipinski definition) is 3. The van der Waals surface area contributed by atoms with Gasteiger partial charge in [0.05, 0.1) is 29.2 Å². The standard InChI is InChI=1S/C18H19ClN4O/c1-3-13(18-11(2)5-4-8-20-18)23-17(24)10-16-21-14-7-6-12(19)9-15(14)22-16/h4-9,13H,3,10H2,1-2H3,(H,21,22)(H,23,24)/t13-/m0/s1. The fourth-order valence-corrected chi connectivity index (χ4v) is 2.91. The normalized spacial score (nSPS) is 12.3. The molecule has 124 valence electrons. The van der Waals surface area contributed by atoms with E-state index in [1.165, 1.54) is 0 Å². The van der Waals surface area contributed by atoms with Gasteiger partial charge in [-0.1, -0.05) is 24.6 Å². The highest BCUT2D eigenvalue weighted by molar-refractivity contribution is 6.31. The number of halogens is 1. The number of nitrogens with zero attached hydrogens (tertiary/aromatic N) is 2. The van der Waals surface area contributed by atoms with Gasteiger partial charge in [0.1, 0.15) is 5.82 Å². The number of amides is 1. The molecule has 2 N–H and O–H groups in total. The Morgan fingerprint density at radius 2 is 2.21 bits per heavy atom. The van der Waals surface area contributed by atoms with E-state index in [1.807, 2.05) is 32.0 Å². The monoisotopic (exact) mass is 342 g/mol. The van der Waals surface area contributed by atoms with Gasteiger partial charge >= 0.3 is 0 Å². The second-order valence-corrected chi connectivity index (χ2v) is 6.19.